The predicted octanol–water partition coefficient (Wildman–Crippen LogP) is 9.31. The van der Waals surface area contributed by atoms with Crippen molar-refractivity contribution in [2.45, 2.75) is 110 Å². The number of benzene rings is 2. The molecule has 1 aromatic heterocycles. The van der Waals surface area contributed by atoms with Crippen LogP contribution in [0.4, 0.5) is 0 Å². The summed E-state index contributed by atoms with van der Waals surface area (Å²) in [7, 11) is -4.35. The molecule has 0 aliphatic heterocycles. The molecule has 0 radical (unpaired) electrons. The predicted molar refractivity (Wildman–Crippen MR) is 179 cm³/mol. The number of aryl methyl sites for hydroxylation is 1. The van der Waals surface area contributed by atoms with Crippen LogP contribution < -0.4 is 13.8 Å². The summed E-state index contributed by atoms with van der Waals surface area (Å²) in [5.74, 6) is 1.01. The lowest BCUT2D eigenvalue weighted by Gasteiger charge is -2.20. The molecule has 244 valence electrons. The van der Waals surface area contributed by atoms with E-state index >= 15 is 0 Å². The van der Waals surface area contributed by atoms with Gasteiger partial charge in [0.1, 0.15) is 24.2 Å². The molecule has 9 heteroatoms. The fourth-order valence-electron chi connectivity index (χ4n) is 5.09. The molecule has 3 rings (SSSR count). The van der Waals surface area contributed by atoms with Crippen molar-refractivity contribution in [1.29, 1.82) is 0 Å². The van der Waals surface area contributed by atoms with Gasteiger partial charge in [-0.25, -0.2) is 4.57 Å². The normalized spacial score (nSPS) is 13.4. The van der Waals surface area contributed by atoms with Crippen LogP contribution in [0.25, 0.3) is 0 Å². The van der Waals surface area contributed by atoms with E-state index in [1.165, 1.54) is 82.6 Å². The summed E-state index contributed by atoms with van der Waals surface area (Å²) < 4.78 is 36.9. The van der Waals surface area contributed by atoms with Crippen molar-refractivity contribution in [3.8, 4) is 11.5 Å². The number of unbranched alkanes of at least 4 members (excludes halogenated alkanes) is 11. The SMILES string of the molecule is CCCCCCCCCCCCCCc1ccc(OCC(COP(=O)(O)Oc2cccc(C[n+]3ccsc3)c2)OCC)cc1. The average Bonchev–Trinajstić information content (AvgIpc) is 3.53. The van der Waals surface area contributed by atoms with Gasteiger partial charge in [-0.05, 0) is 49.6 Å². The third kappa shape index (κ3) is 15.7. The van der Waals surface area contributed by atoms with Crippen molar-refractivity contribution < 1.29 is 32.5 Å². The molecule has 0 saturated heterocycles. The first-order chi connectivity index (χ1) is 21.5. The number of rotatable bonds is 25. The van der Waals surface area contributed by atoms with Crippen molar-refractivity contribution >= 4 is 19.2 Å². The van der Waals surface area contributed by atoms with Crippen LogP contribution in [0.5, 0.6) is 11.5 Å². The summed E-state index contributed by atoms with van der Waals surface area (Å²) in [6.45, 7) is 5.26. The Bertz CT molecular complexity index is 1190. The van der Waals surface area contributed by atoms with Gasteiger partial charge in [0.2, 0.25) is 5.51 Å². The molecular weight excluding hydrogens is 593 g/mol. The number of phosphoric ester groups is 1. The topological polar surface area (TPSA) is 78.1 Å². The molecule has 7 nitrogen and oxygen atoms in total. The second-order valence-corrected chi connectivity index (χ2v) is 13.5. The molecule has 0 bridgehead atoms. The van der Waals surface area contributed by atoms with Gasteiger partial charge in [0.25, 0.3) is 0 Å². The molecule has 3 aromatic rings. The fourth-order valence-corrected chi connectivity index (χ4v) is 6.48. The first-order valence-electron chi connectivity index (χ1n) is 16.5. The van der Waals surface area contributed by atoms with Crippen molar-refractivity contribution in [3.63, 3.8) is 0 Å². The van der Waals surface area contributed by atoms with E-state index in [1.807, 2.05) is 46.8 Å². The molecule has 2 unspecified atom stereocenters. The van der Waals surface area contributed by atoms with Crippen LogP contribution in [0.3, 0.4) is 0 Å². The summed E-state index contributed by atoms with van der Waals surface area (Å²) in [5.41, 5.74) is 4.26. The van der Waals surface area contributed by atoms with Crippen molar-refractivity contribution in [3.05, 3.63) is 76.7 Å². The highest BCUT2D eigenvalue weighted by molar-refractivity contribution is 7.47. The number of hydrogen-bond donors (Lipinski definition) is 1. The number of hydrogen-bond acceptors (Lipinski definition) is 6. The Morgan fingerprint density at radius 3 is 2.14 bits per heavy atom. The molecule has 0 spiro atoms. The third-order valence-corrected chi connectivity index (χ3v) is 9.10. The van der Waals surface area contributed by atoms with Crippen LogP contribution in [-0.4, -0.2) is 30.8 Å². The first kappa shape index (κ1) is 36.3. The number of aromatic nitrogens is 1. The van der Waals surface area contributed by atoms with Crippen LogP contribution in [0.2, 0.25) is 0 Å². The van der Waals surface area contributed by atoms with E-state index in [1.54, 1.807) is 29.5 Å². The van der Waals surface area contributed by atoms with Gasteiger partial charge >= 0.3 is 7.82 Å². The zero-order valence-electron chi connectivity index (χ0n) is 26.7. The zero-order valence-corrected chi connectivity index (χ0v) is 28.5. The summed E-state index contributed by atoms with van der Waals surface area (Å²) in [6.07, 6.45) is 18.8. The van der Waals surface area contributed by atoms with Crippen molar-refractivity contribution in [2.75, 3.05) is 19.8 Å². The summed E-state index contributed by atoms with van der Waals surface area (Å²) in [4.78, 5) is 10.3. The molecule has 1 heterocycles. The highest BCUT2D eigenvalue weighted by Gasteiger charge is 2.26. The first-order valence-corrected chi connectivity index (χ1v) is 18.9. The Kier molecular flexibility index (Phi) is 17.7. The highest BCUT2D eigenvalue weighted by Crippen LogP contribution is 2.44. The number of thiazole rings is 1. The van der Waals surface area contributed by atoms with Gasteiger partial charge < -0.3 is 14.0 Å². The Morgan fingerprint density at radius 2 is 1.50 bits per heavy atom. The number of ether oxygens (including phenoxy) is 2. The maximum atomic E-state index is 12.7. The van der Waals surface area contributed by atoms with Crippen LogP contribution in [0.15, 0.2) is 65.6 Å². The number of phosphoric acid groups is 1. The van der Waals surface area contributed by atoms with Gasteiger partial charge in [-0.2, -0.15) is 4.57 Å². The van der Waals surface area contributed by atoms with Crippen LogP contribution in [0.1, 0.15) is 102 Å². The van der Waals surface area contributed by atoms with E-state index in [-0.39, 0.29) is 19.0 Å². The molecule has 0 fully saturated rings. The maximum Gasteiger partial charge on any atom is 0.527 e. The van der Waals surface area contributed by atoms with Crippen LogP contribution in [-0.2, 0) is 26.8 Å². The minimum Gasteiger partial charge on any atom is -0.491 e. The van der Waals surface area contributed by atoms with Gasteiger partial charge in [-0.1, -0.05) is 113 Å². The molecule has 2 aromatic carbocycles. The minimum absolute atomic E-state index is 0.136. The molecule has 0 aliphatic rings. The lowest BCUT2D eigenvalue weighted by Crippen LogP contribution is -2.30. The van der Waals surface area contributed by atoms with E-state index in [9.17, 15) is 9.46 Å². The zero-order chi connectivity index (χ0) is 31.3. The second kappa shape index (κ2) is 21.5. The van der Waals surface area contributed by atoms with E-state index in [2.05, 4.69) is 19.1 Å². The van der Waals surface area contributed by atoms with Gasteiger partial charge in [0.15, 0.2) is 12.7 Å². The second-order valence-electron chi connectivity index (χ2n) is 11.4. The highest BCUT2D eigenvalue weighted by atomic mass is 32.1. The smallest absolute Gasteiger partial charge is 0.491 e. The Labute approximate surface area is 269 Å². The standard InChI is InChI=1S/C35H52NO6PS/c1-3-5-6-7-8-9-10-11-12-13-14-15-17-31-20-22-33(23-21-31)40-28-35(39-4-2)29-41-43(37,38)42-34-19-16-18-32(26-34)27-36-24-25-44-30-36/h16,18-26,30,35H,3-15,17,27-29H2,1-2H3/p+1. The molecule has 1 N–H and O–H groups in total. The van der Waals surface area contributed by atoms with Crippen molar-refractivity contribution in [1.82, 2.24) is 0 Å². The van der Waals surface area contributed by atoms with E-state index < -0.39 is 13.9 Å². The van der Waals surface area contributed by atoms with Gasteiger partial charge in [0.05, 0.1) is 12.0 Å². The molecule has 44 heavy (non-hydrogen) atoms. The molecular formula is C35H53NO6PS+. The summed E-state index contributed by atoms with van der Waals surface area (Å²) in [5, 5.41) is 1.99. The molecule has 0 aliphatic carbocycles. The van der Waals surface area contributed by atoms with E-state index in [0.29, 0.717) is 13.2 Å². The van der Waals surface area contributed by atoms with Gasteiger partial charge in [0, 0.05) is 12.2 Å². The van der Waals surface area contributed by atoms with Crippen LogP contribution in [0, 0.1) is 0 Å². The Hall–Kier alpha value is -2.22. The quantitative estimate of drug-likeness (QED) is 0.0562. The lowest BCUT2D eigenvalue weighted by atomic mass is 10.0. The summed E-state index contributed by atoms with van der Waals surface area (Å²) >= 11 is 1.60. The van der Waals surface area contributed by atoms with E-state index in [0.717, 1.165) is 17.7 Å². The molecule has 2 atom stereocenters. The number of nitrogens with zero attached hydrogens (tertiary/aromatic N) is 1. The van der Waals surface area contributed by atoms with E-state index in [4.69, 9.17) is 18.5 Å². The Morgan fingerprint density at radius 1 is 0.818 bits per heavy atom. The van der Waals surface area contributed by atoms with Crippen molar-refractivity contribution in [2.24, 2.45) is 0 Å². The van der Waals surface area contributed by atoms with Gasteiger partial charge in [-0.3, -0.25) is 9.42 Å². The molecule has 0 saturated carbocycles. The molecule has 0 amide bonds. The maximum absolute atomic E-state index is 12.7. The Balaban J connectivity index is 1.31. The fraction of sp³-hybridized carbons (Fsp3) is 0.571. The third-order valence-electron chi connectivity index (χ3n) is 7.52. The van der Waals surface area contributed by atoms with Crippen LogP contribution >= 0.6 is 19.2 Å². The largest absolute Gasteiger partial charge is 0.527 e. The average molecular weight is 647 g/mol. The lowest BCUT2D eigenvalue weighted by molar-refractivity contribution is -0.683. The minimum atomic E-state index is -4.35. The van der Waals surface area contributed by atoms with Gasteiger partial charge in [-0.15, -0.1) is 0 Å². The monoisotopic (exact) mass is 646 g/mol. The summed E-state index contributed by atoms with van der Waals surface area (Å²) in [6, 6.07) is 15.3.